The fourth-order valence-corrected chi connectivity index (χ4v) is 6.44. The smallest absolute Gasteiger partial charge is 0.138 e. The number of hydrogen-bond donors (Lipinski definition) is 1. The number of likely N-dealkylation sites (tertiary alicyclic amines) is 1. The van der Waals surface area contributed by atoms with Gasteiger partial charge in [-0.2, -0.15) is 0 Å². The number of hydrogen-bond acceptors (Lipinski definition) is 5. The van der Waals surface area contributed by atoms with Crippen molar-refractivity contribution >= 4 is 5.71 Å². The van der Waals surface area contributed by atoms with Crippen LogP contribution >= 0.6 is 0 Å². The Bertz CT molecular complexity index is 1140. The molecule has 6 rings (SSSR count). The van der Waals surface area contributed by atoms with Gasteiger partial charge in [-0.1, -0.05) is 42.3 Å². The molecule has 33 heavy (non-hydrogen) atoms. The van der Waals surface area contributed by atoms with E-state index in [4.69, 9.17) is 4.42 Å². The first kappa shape index (κ1) is 20.7. The van der Waals surface area contributed by atoms with Crippen LogP contribution in [-0.4, -0.2) is 39.9 Å². The summed E-state index contributed by atoms with van der Waals surface area (Å²) in [5, 5.41) is 13.8. The van der Waals surface area contributed by atoms with Crippen LogP contribution in [-0.2, 0) is 6.42 Å². The van der Waals surface area contributed by atoms with Crippen molar-refractivity contribution in [2.24, 2.45) is 5.16 Å². The number of aromatic nitrogens is 1. The molecule has 5 heteroatoms. The van der Waals surface area contributed by atoms with Gasteiger partial charge in [-0.25, -0.2) is 0 Å². The number of nitrogens with zero attached hydrogens (tertiary/aromatic N) is 3. The average molecular weight is 442 g/mol. The Balaban J connectivity index is 1.36. The van der Waals surface area contributed by atoms with Gasteiger partial charge in [-0.15, -0.1) is 0 Å². The number of rotatable bonds is 4. The van der Waals surface area contributed by atoms with Gasteiger partial charge in [0.1, 0.15) is 5.76 Å². The van der Waals surface area contributed by atoms with Gasteiger partial charge in [-0.3, -0.25) is 4.98 Å². The van der Waals surface area contributed by atoms with Crippen LogP contribution in [0.2, 0.25) is 0 Å². The summed E-state index contributed by atoms with van der Waals surface area (Å²) in [5.41, 5.74) is 6.57. The maximum atomic E-state index is 10.0. The summed E-state index contributed by atoms with van der Waals surface area (Å²) in [7, 11) is 0. The van der Waals surface area contributed by atoms with E-state index >= 15 is 0 Å². The Hall–Kier alpha value is -2.92. The van der Waals surface area contributed by atoms with Gasteiger partial charge in [0.15, 0.2) is 0 Å². The minimum absolute atomic E-state index is 0.00261. The molecule has 2 fully saturated rings. The highest BCUT2D eigenvalue weighted by Crippen LogP contribution is 2.46. The van der Waals surface area contributed by atoms with E-state index in [0.717, 1.165) is 61.0 Å². The first-order chi connectivity index (χ1) is 16.3. The second-order valence-corrected chi connectivity index (χ2v) is 9.82. The summed E-state index contributed by atoms with van der Waals surface area (Å²) in [5.74, 6) is 1.36. The standard InChI is InChI=1S/C28H31N3O2/c32-30-27-23-8-4-1-5-21(23)17-24(27)26-25(18-33-28(26)20-9-13-29-14-10-20)19-11-15-31(16-12-19)22-6-2-3-7-22/h1,4-5,8-10,13-14,18-19,22,24,32H,2-3,6-7,11-12,15-17H2/t24-/m0/s1. The molecule has 2 aromatic heterocycles. The van der Waals surface area contributed by atoms with Crippen molar-refractivity contribution in [2.45, 2.75) is 62.8 Å². The summed E-state index contributed by atoms with van der Waals surface area (Å²) in [6.07, 6.45) is 14.3. The molecule has 0 bridgehead atoms. The van der Waals surface area contributed by atoms with E-state index < -0.39 is 0 Å². The van der Waals surface area contributed by atoms with Crippen LogP contribution in [0.3, 0.4) is 0 Å². The lowest BCUT2D eigenvalue weighted by atomic mass is 9.81. The Kier molecular flexibility index (Phi) is 5.50. The maximum Gasteiger partial charge on any atom is 0.138 e. The molecule has 1 aromatic carbocycles. The van der Waals surface area contributed by atoms with Gasteiger partial charge in [0.05, 0.1) is 12.0 Å². The van der Waals surface area contributed by atoms with Crippen LogP contribution in [0, 0.1) is 0 Å². The maximum absolute atomic E-state index is 10.0. The number of fused-ring (bicyclic) bond motifs is 1. The Morgan fingerprint density at radius 2 is 1.73 bits per heavy atom. The summed E-state index contributed by atoms with van der Waals surface area (Å²) < 4.78 is 6.29. The molecule has 1 saturated carbocycles. The van der Waals surface area contributed by atoms with E-state index in [9.17, 15) is 5.21 Å². The minimum Gasteiger partial charge on any atom is -0.464 e. The molecule has 1 aliphatic heterocycles. The van der Waals surface area contributed by atoms with Gasteiger partial charge in [0.2, 0.25) is 0 Å². The van der Waals surface area contributed by atoms with Crippen LogP contribution < -0.4 is 0 Å². The highest BCUT2D eigenvalue weighted by atomic mass is 16.4. The largest absolute Gasteiger partial charge is 0.464 e. The zero-order chi connectivity index (χ0) is 22.2. The fraction of sp³-hybridized carbons (Fsp3) is 0.429. The molecule has 0 radical (unpaired) electrons. The zero-order valence-electron chi connectivity index (χ0n) is 19.0. The lowest BCUT2D eigenvalue weighted by Crippen LogP contribution is -2.39. The second-order valence-electron chi connectivity index (χ2n) is 9.82. The molecule has 0 spiro atoms. The lowest BCUT2D eigenvalue weighted by molar-refractivity contribution is 0.153. The van der Waals surface area contributed by atoms with Crippen molar-refractivity contribution in [1.29, 1.82) is 0 Å². The second kappa shape index (κ2) is 8.79. The number of furan rings is 1. The van der Waals surface area contributed by atoms with Crippen LogP contribution in [0.1, 0.15) is 72.6 Å². The molecule has 0 amide bonds. The topological polar surface area (TPSA) is 61.9 Å². The summed E-state index contributed by atoms with van der Waals surface area (Å²) >= 11 is 0. The van der Waals surface area contributed by atoms with E-state index in [0.29, 0.717) is 5.92 Å². The Morgan fingerprint density at radius 3 is 2.48 bits per heavy atom. The average Bonchev–Trinajstić information content (AvgIpc) is 3.62. The number of benzene rings is 1. The molecule has 2 aliphatic carbocycles. The molecule has 1 saturated heterocycles. The fourth-order valence-electron chi connectivity index (χ4n) is 6.44. The van der Waals surface area contributed by atoms with Crippen LogP contribution in [0.15, 0.2) is 64.6 Å². The number of piperidine rings is 1. The highest BCUT2D eigenvalue weighted by Gasteiger charge is 2.38. The highest BCUT2D eigenvalue weighted by molar-refractivity contribution is 6.09. The van der Waals surface area contributed by atoms with Gasteiger partial charge >= 0.3 is 0 Å². The SMILES string of the molecule is ON=C1c2ccccc2C[C@H]1c1c(C2CCN(C3CCCC3)CC2)coc1-c1ccncc1. The summed E-state index contributed by atoms with van der Waals surface area (Å²) in [6.45, 7) is 2.33. The van der Waals surface area contributed by atoms with Gasteiger partial charge in [-0.05, 0) is 74.4 Å². The molecule has 3 aromatic rings. The molecule has 3 heterocycles. The quantitative estimate of drug-likeness (QED) is 0.399. The van der Waals surface area contributed by atoms with Crippen molar-refractivity contribution in [3.05, 3.63) is 77.3 Å². The third-order valence-electron chi connectivity index (χ3n) is 8.12. The van der Waals surface area contributed by atoms with Crippen molar-refractivity contribution < 1.29 is 9.62 Å². The third-order valence-corrected chi connectivity index (χ3v) is 8.12. The van der Waals surface area contributed by atoms with E-state index in [1.54, 1.807) is 0 Å². The molecule has 1 atom stereocenters. The van der Waals surface area contributed by atoms with Gasteiger partial charge < -0.3 is 14.5 Å². The predicted octanol–water partition coefficient (Wildman–Crippen LogP) is 5.98. The molecule has 3 aliphatic rings. The lowest BCUT2D eigenvalue weighted by Gasteiger charge is -2.36. The van der Waals surface area contributed by atoms with Crippen LogP contribution in [0.5, 0.6) is 0 Å². The van der Waals surface area contributed by atoms with Crippen LogP contribution in [0.4, 0.5) is 0 Å². The van der Waals surface area contributed by atoms with Crippen molar-refractivity contribution in [2.75, 3.05) is 13.1 Å². The molecule has 5 nitrogen and oxygen atoms in total. The molecule has 170 valence electrons. The van der Waals surface area contributed by atoms with E-state index in [1.165, 1.54) is 42.4 Å². The zero-order valence-corrected chi connectivity index (χ0v) is 19.0. The normalized spacial score (nSPS) is 23.4. The monoisotopic (exact) mass is 441 g/mol. The van der Waals surface area contributed by atoms with Crippen molar-refractivity contribution in [3.8, 4) is 11.3 Å². The van der Waals surface area contributed by atoms with E-state index in [2.05, 4.69) is 33.2 Å². The molecule has 0 unspecified atom stereocenters. The number of oxime groups is 1. The van der Waals surface area contributed by atoms with Crippen molar-refractivity contribution in [3.63, 3.8) is 0 Å². The van der Waals surface area contributed by atoms with E-state index in [1.807, 2.05) is 36.9 Å². The Morgan fingerprint density at radius 1 is 0.970 bits per heavy atom. The summed E-state index contributed by atoms with van der Waals surface area (Å²) in [4.78, 5) is 6.91. The first-order valence-corrected chi connectivity index (χ1v) is 12.4. The van der Waals surface area contributed by atoms with Gasteiger partial charge in [0, 0.05) is 41.0 Å². The minimum atomic E-state index is -0.00261. The third kappa shape index (κ3) is 3.68. The first-order valence-electron chi connectivity index (χ1n) is 12.4. The molecule has 1 N–H and O–H groups in total. The van der Waals surface area contributed by atoms with Crippen molar-refractivity contribution in [1.82, 2.24) is 9.88 Å². The molecular weight excluding hydrogens is 410 g/mol. The van der Waals surface area contributed by atoms with Gasteiger partial charge in [0.25, 0.3) is 0 Å². The molecular formula is C28H31N3O2. The predicted molar refractivity (Wildman–Crippen MR) is 129 cm³/mol. The Labute approximate surface area is 195 Å². The summed E-state index contributed by atoms with van der Waals surface area (Å²) in [6, 6.07) is 13.1. The van der Waals surface area contributed by atoms with Crippen LogP contribution in [0.25, 0.3) is 11.3 Å². The van der Waals surface area contributed by atoms with E-state index in [-0.39, 0.29) is 5.92 Å². The number of pyridine rings is 1.